The number of hydrogen-bond acceptors (Lipinski definition) is 4. The average molecular weight is 254 g/mol. The Balaban J connectivity index is 2.01. The molecule has 0 saturated heterocycles. The third kappa shape index (κ3) is 2.02. The van der Waals surface area contributed by atoms with Gasteiger partial charge in [0.25, 0.3) is 0 Å². The van der Waals surface area contributed by atoms with Gasteiger partial charge in [0, 0.05) is 28.7 Å². The van der Waals surface area contributed by atoms with Gasteiger partial charge in [-0.2, -0.15) is 0 Å². The van der Waals surface area contributed by atoms with Crippen molar-refractivity contribution >= 4 is 28.0 Å². The first-order valence-corrected chi connectivity index (χ1v) is 6.48. The Hall–Kier alpha value is -2.07. The number of para-hydroxylation sites is 1. The number of benzene rings is 1. The van der Waals surface area contributed by atoms with Crippen molar-refractivity contribution in [2.24, 2.45) is 0 Å². The van der Waals surface area contributed by atoms with Gasteiger partial charge in [-0.15, -0.1) is 11.3 Å². The van der Waals surface area contributed by atoms with Crippen molar-refractivity contribution in [2.45, 2.75) is 6.42 Å². The van der Waals surface area contributed by atoms with Gasteiger partial charge in [-0.1, -0.05) is 18.2 Å². The Morgan fingerprint density at radius 2 is 2.00 bits per heavy atom. The van der Waals surface area contributed by atoms with Gasteiger partial charge in [0.15, 0.2) is 5.78 Å². The molecule has 0 bridgehead atoms. The second-order valence-electron chi connectivity index (χ2n) is 3.90. The highest BCUT2D eigenvalue weighted by molar-refractivity contribution is 7.09. The Bertz CT molecular complexity index is 687. The number of ketones is 1. The summed E-state index contributed by atoms with van der Waals surface area (Å²) in [6, 6.07) is 9.46. The summed E-state index contributed by atoms with van der Waals surface area (Å²) >= 11 is 1.50. The highest BCUT2D eigenvalue weighted by Crippen LogP contribution is 2.18. The van der Waals surface area contributed by atoms with E-state index in [2.05, 4.69) is 9.97 Å². The van der Waals surface area contributed by atoms with Crippen LogP contribution >= 0.6 is 11.3 Å². The Labute approximate surface area is 108 Å². The van der Waals surface area contributed by atoms with Crippen molar-refractivity contribution in [2.75, 3.05) is 0 Å². The molecule has 0 aliphatic heterocycles. The molecule has 0 fully saturated rings. The molecular formula is C14H10N2OS. The molecular weight excluding hydrogens is 244 g/mol. The molecule has 4 heteroatoms. The largest absolute Gasteiger partial charge is 0.294 e. The van der Waals surface area contributed by atoms with Crippen molar-refractivity contribution < 1.29 is 4.79 Å². The maximum Gasteiger partial charge on any atom is 0.170 e. The smallest absolute Gasteiger partial charge is 0.170 e. The number of rotatable bonds is 3. The molecule has 0 radical (unpaired) electrons. The van der Waals surface area contributed by atoms with E-state index in [0.29, 0.717) is 6.42 Å². The lowest BCUT2D eigenvalue weighted by molar-refractivity contribution is 0.0994. The predicted molar refractivity (Wildman–Crippen MR) is 71.9 cm³/mol. The van der Waals surface area contributed by atoms with Crippen molar-refractivity contribution in [3.8, 4) is 0 Å². The number of pyridine rings is 1. The monoisotopic (exact) mass is 254 g/mol. The first-order chi connectivity index (χ1) is 8.84. The number of aromatic nitrogens is 2. The summed E-state index contributed by atoms with van der Waals surface area (Å²) in [6.45, 7) is 0. The van der Waals surface area contributed by atoms with Crippen LogP contribution in [0.15, 0.2) is 48.1 Å². The van der Waals surface area contributed by atoms with Gasteiger partial charge in [-0.25, -0.2) is 4.98 Å². The van der Waals surface area contributed by atoms with E-state index in [1.54, 1.807) is 18.5 Å². The van der Waals surface area contributed by atoms with E-state index >= 15 is 0 Å². The van der Waals surface area contributed by atoms with Gasteiger partial charge in [0.2, 0.25) is 0 Å². The Morgan fingerprint density at radius 1 is 1.11 bits per heavy atom. The summed E-state index contributed by atoms with van der Waals surface area (Å²) in [7, 11) is 0. The number of carbonyl (C=O) groups is 1. The number of nitrogens with zero attached hydrogens (tertiary/aromatic N) is 2. The van der Waals surface area contributed by atoms with E-state index in [9.17, 15) is 4.79 Å². The summed E-state index contributed by atoms with van der Waals surface area (Å²) in [6.07, 6.45) is 3.75. The van der Waals surface area contributed by atoms with Crippen LogP contribution in [-0.2, 0) is 6.42 Å². The zero-order valence-electron chi connectivity index (χ0n) is 9.54. The third-order valence-corrected chi connectivity index (χ3v) is 3.52. The number of Topliss-reactive ketones (excluding diaryl/α,β-unsaturated/α-hetero) is 1. The minimum absolute atomic E-state index is 0.0866. The van der Waals surface area contributed by atoms with Crippen LogP contribution in [0.1, 0.15) is 15.4 Å². The molecule has 0 amide bonds. The average Bonchev–Trinajstić information content (AvgIpc) is 2.91. The van der Waals surface area contributed by atoms with E-state index in [1.807, 2.05) is 29.6 Å². The van der Waals surface area contributed by atoms with Crippen molar-refractivity contribution in [3.63, 3.8) is 0 Å². The predicted octanol–water partition coefficient (Wildman–Crippen LogP) is 3.12. The highest BCUT2D eigenvalue weighted by Gasteiger charge is 2.12. The van der Waals surface area contributed by atoms with E-state index < -0.39 is 0 Å². The van der Waals surface area contributed by atoms with Gasteiger partial charge in [-0.05, 0) is 12.1 Å². The molecule has 3 nitrogen and oxygen atoms in total. The standard InChI is InChI=1S/C14H10N2OS/c17-13(9-14-16-7-8-18-14)11-5-6-15-12-4-2-1-3-10(11)12/h1-8H,9H2. The highest BCUT2D eigenvalue weighted by atomic mass is 32.1. The second kappa shape index (κ2) is 4.66. The van der Waals surface area contributed by atoms with Crippen LogP contribution in [0.4, 0.5) is 0 Å². The molecule has 3 rings (SSSR count). The summed E-state index contributed by atoms with van der Waals surface area (Å²) in [4.78, 5) is 20.7. The fourth-order valence-corrected chi connectivity index (χ4v) is 2.53. The molecule has 0 spiro atoms. The summed E-state index contributed by atoms with van der Waals surface area (Å²) in [5, 5.41) is 3.63. The summed E-state index contributed by atoms with van der Waals surface area (Å²) < 4.78 is 0. The van der Waals surface area contributed by atoms with Crippen LogP contribution in [0, 0.1) is 0 Å². The minimum atomic E-state index is 0.0866. The van der Waals surface area contributed by atoms with E-state index in [1.165, 1.54) is 11.3 Å². The molecule has 0 N–H and O–H groups in total. The number of thiazole rings is 1. The minimum Gasteiger partial charge on any atom is -0.294 e. The molecule has 1 aromatic carbocycles. The van der Waals surface area contributed by atoms with Gasteiger partial charge >= 0.3 is 0 Å². The van der Waals surface area contributed by atoms with Gasteiger partial charge in [0.1, 0.15) is 5.01 Å². The molecule has 0 saturated carbocycles. The van der Waals surface area contributed by atoms with Gasteiger partial charge in [0.05, 0.1) is 11.9 Å². The summed E-state index contributed by atoms with van der Waals surface area (Å²) in [5.41, 5.74) is 1.57. The maximum atomic E-state index is 12.3. The van der Waals surface area contributed by atoms with E-state index in [-0.39, 0.29) is 5.78 Å². The van der Waals surface area contributed by atoms with Crippen LogP contribution < -0.4 is 0 Å². The van der Waals surface area contributed by atoms with E-state index in [4.69, 9.17) is 0 Å². The van der Waals surface area contributed by atoms with Crippen molar-refractivity contribution in [1.82, 2.24) is 9.97 Å². The van der Waals surface area contributed by atoms with E-state index in [0.717, 1.165) is 21.5 Å². The molecule has 0 atom stereocenters. The molecule has 0 aliphatic carbocycles. The van der Waals surface area contributed by atoms with Gasteiger partial charge < -0.3 is 0 Å². The lowest BCUT2D eigenvalue weighted by Crippen LogP contribution is -2.04. The zero-order valence-corrected chi connectivity index (χ0v) is 10.4. The van der Waals surface area contributed by atoms with Crippen LogP contribution in [-0.4, -0.2) is 15.8 Å². The fourth-order valence-electron chi connectivity index (χ4n) is 1.91. The number of fused-ring (bicyclic) bond motifs is 1. The lowest BCUT2D eigenvalue weighted by atomic mass is 10.0. The van der Waals surface area contributed by atoms with Crippen molar-refractivity contribution in [3.05, 3.63) is 58.7 Å². The lowest BCUT2D eigenvalue weighted by Gasteiger charge is -2.03. The van der Waals surface area contributed by atoms with Crippen molar-refractivity contribution in [1.29, 1.82) is 0 Å². The van der Waals surface area contributed by atoms with Crippen LogP contribution in [0.2, 0.25) is 0 Å². The quantitative estimate of drug-likeness (QED) is 0.674. The SMILES string of the molecule is O=C(Cc1nccs1)c1ccnc2ccccc12. The maximum absolute atomic E-state index is 12.3. The Morgan fingerprint density at radius 3 is 2.83 bits per heavy atom. The molecule has 2 heterocycles. The van der Waals surface area contributed by atoms with Crippen LogP contribution in [0.25, 0.3) is 10.9 Å². The first-order valence-electron chi connectivity index (χ1n) is 5.60. The molecule has 18 heavy (non-hydrogen) atoms. The summed E-state index contributed by atoms with van der Waals surface area (Å²) in [5.74, 6) is 0.0866. The van der Waals surface area contributed by atoms with Crippen LogP contribution in [0.5, 0.6) is 0 Å². The normalized spacial score (nSPS) is 10.7. The molecule has 0 unspecified atom stereocenters. The fraction of sp³-hybridized carbons (Fsp3) is 0.0714. The second-order valence-corrected chi connectivity index (χ2v) is 4.88. The first kappa shape index (κ1) is 11.0. The zero-order chi connectivity index (χ0) is 12.4. The molecule has 88 valence electrons. The number of hydrogen-bond donors (Lipinski definition) is 0. The topological polar surface area (TPSA) is 42.9 Å². The molecule has 2 aromatic heterocycles. The third-order valence-electron chi connectivity index (χ3n) is 2.74. The number of carbonyl (C=O) groups excluding carboxylic acids is 1. The van der Waals surface area contributed by atoms with Crippen LogP contribution in [0.3, 0.4) is 0 Å². The Kier molecular flexibility index (Phi) is 2.86. The molecule has 3 aromatic rings. The van der Waals surface area contributed by atoms with Gasteiger partial charge in [-0.3, -0.25) is 9.78 Å². The molecule has 0 aliphatic rings.